The number of hydrogen-bond acceptors (Lipinski definition) is 4. The van der Waals surface area contributed by atoms with Crippen molar-refractivity contribution in [3.05, 3.63) is 36.5 Å². The van der Waals surface area contributed by atoms with Crippen LogP contribution in [-0.2, 0) is 0 Å². The second-order valence-electron chi connectivity index (χ2n) is 3.94. The molecule has 0 aliphatic rings. The van der Waals surface area contributed by atoms with Gasteiger partial charge in [0, 0.05) is 11.3 Å². The van der Waals surface area contributed by atoms with E-state index >= 15 is 0 Å². The number of nitrogens with zero attached hydrogens (tertiary/aromatic N) is 3. The Morgan fingerprint density at radius 1 is 1.28 bits per heavy atom. The third kappa shape index (κ3) is 2.28. The summed E-state index contributed by atoms with van der Waals surface area (Å²) in [6.07, 6.45) is 3.17. The van der Waals surface area contributed by atoms with Crippen molar-refractivity contribution in [2.75, 3.05) is 5.75 Å². The number of aromatic nitrogens is 3. The quantitative estimate of drug-likeness (QED) is 0.675. The van der Waals surface area contributed by atoms with Crippen molar-refractivity contribution in [3.63, 3.8) is 0 Å². The maximum absolute atomic E-state index is 4.62. The normalized spacial score (nSPS) is 11.2. The zero-order valence-electron chi connectivity index (χ0n) is 10.0. The molecule has 1 aromatic carbocycles. The van der Waals surface area contributed by atoms with E-state index in [1.54, 1.807) is 23.1 Å². The lowest BCUT2D eigenvalue weighted by atomic mass is 10.2. The molecule has 0 bridgehead atoms. The Labute approximate surface area is 114 Å². The van der Waals surface area contributed by atoms with Crippen LogP contribution in [0.1, 0.15) is 13.3 Å². The van der Waals surface area contributed by atoms with Crippen LogP contribution in [-0.4, -0.2) is 20.4 Å². The minimum absolute atomic E-state index is 0.965. The molecular weight excluding hydrogens is 262 g/mol. The zero-order valence-corrected chi connectivity index (χ0v) is 11.7. The number of thioether (sulfide) groups is 1. The van der Waals surface area contributed by atoms with Crippen molar-refractivity contribution in [2.45, 2.75) is 17.7 Å². The summed E-state index contributed by atoms with van der Waals surface area (Å²) in [6, 6.07) is 10.2. The second kappa shape index (κ2) is 5.12. The third-order valence-electron chi connectivity index (χ3n) is 2.52. The van der Waals surface area contributed by atoms with Crippen LogP contribution in [0.15, 0.2) is 40.9 Å². The van der Waals surface area contributed by atoms with Gasteiger partial charge in [-0.25, -0.2) is 9.50 Å². The van der Waals surface area contributed by atoms with Gasteiger partial charge in [-0.1, -0.05) is 60.4 Å². The molecule has 2 heterocycles. The van der Waals surface area contributed by atoms with Crippen LogP contribution in [0.4, 0.5) is 0 Å². The van der Waals surface area contributed by atoms with Crippen LogP contribution < -0.4 is 0 Å². The average molecular weight is 275 g/mol. The largest absolute Gasteiger partial charge is 0.217 e. The van der Waals surface area contributed by atoms with Gasteiger partial charge in [-0.3, -0.25) is 0 Å². The van der Waals surface area contributed by atoms with Gasteiger partial charge in [-0.15, -0.1) is 5.10 Å². The summed E-state index contributed by atoms with van der Waals surface area (Å²) in [5.41, 5.74) is 2.12. The van der Waals surface area contributed by atoms with E-state index in [1.807, 2.05) is 28.9 Å². The highest BCUT2D eigenvalue weighted by molar-refractivity contribution is 8.01. The minimum Gasteiger partial charge on any atom is -0.217 e. The van der Waals surface area contributed by atoms with Gasteiger partial charge in [0.05, 0.1) is 11.9 Å². The smallest absolute Gasteiger partial charge is 0.213 e. The first-order chi connectivity index (χ1) is 8.86. The van der Waals surface area contributed by atoms with Gasteiger partial charge in [0.2, 0.25) is 4.96 Å². The van der Waals surface area contributed by atoms with E-state index in [-0.39, 0.29) is 0 Å². The van der Waals surface area contributed by atoms with Crippen molar-refractivity contribution in [1.82, 2.24) is 14.6 Å². The van der Waals surface area contributed by atoms with Crippen LogP contribution in [0.3, 0.4) is 0 Å². The predicted molar refractivity (Wildman–Crippen MR) is 77.3 cm³/mol. The molecule has 0 amide bonds. The summed E-state index contributed by atoms with van der Waals surface area (Å²) >= 11 is 3.46. The van der Waals surface area contributed by atoms with Gasteiger partial charge in [0.25, 0.3) is 0 Å². The number of benzene rings is 1. The maximum Gasteiger partial charge on any atom is 0.213 e. The maximum atomic E-state index is 4.62. The summed E-state index contributed by atoms with van der Waals surface area (Å²) in [7, 11) is 0. The average Bonchev–Trinajstić information content (AvgIpc) is 2.95. The van der Waals surface area contributed by atoms with Gasteiger partial charge >= 0.3 is 0 Å². The molecule has 92 valence electrons. The van der Waals surface area contributed by atoms with Crippen LogP contribution in [0.25, 0.3) is 16.2 Å². The van der Waals surface area contributed by atoms with Gasteiger partial charge < -0.3 is 0 Å². The number of fused-ring (bicyclic) bond motifs is 1. The molecule has 3 nitrogen and oxygen atoms in total. The molecule has 3 rings (SSSR count). The molecular formula is C13H13N3S2. The summed E-state index contributed by atoms with van der Waals surface area (Å²) in [5, 5.41) is 4.53. The van der Waals surface area contributed by atoms with E-state index in [9.17, 15) is 0 Å². The topological polar surface area (TPSA) is 30.2 Å². The van der Waals surface area contributed by atoms with Gasteiger partial charge in [0.1, 0.15) is 0 Å². The Hall–Kier alpha value is -1.33. The molecule has 0 saturated carbocycles. The monoisotopic (exact) mass is 275 g/mol. The molecule has 0 fully saturated rings. The fourth-order valence-electron chi connectivity index (χ4n) is 1.68. The van der Waals surface area contributed by atoms with Crippen LogP contribution in [0, 0.1) is 0 Å². The number of rotatable bonds is 4. The molecule has 0 N–H and O–H groups in total. The molecule has 0 spiro atoms. The predicted octanol–water partition coefficient (Wildman–Crippen LogP) is 3.96. The Morgan fingerprint density at radius 2 is 2.11 bits per heavy atom. The van der Waals surface area contributed by atoms with E-state index in [0.29, 0.717) is 0 Å². The molecule has 0 radical (unpaired) electrons. The summed E-state index contributed by atoms with van der Waals surface area (Å²) in [4.78, 5) is 5.58. The lowest BCUT2D eigenvalue weighted by Crippen LogP contribution is -1.81. The molecule has 0 atom stereocenters. The molecule has 3 aromatic rings. The Bertz CT molecular complexity index is 611. The van der Waals surface area contributed by atoms with Gasteiger partial charge in [0.15, 0.2) is 4.34 Å². The lowest BCUT2D eigenvalue weighted by molar-refractivity contribution is 0.914. The fraction of sp³-hybridized carbons (Fsp3) is 0.231. The van der Waals surface area contributed by atoms with Crippen molar-refractivity contribution in [2.24, 2.45) is 0 Å². The highest BCUT2D eigenvalue weighted by Crippen LogP contribution is 2.27. The first kappa shape index (κ1) is 11.7. The van der Waals surface area contributed by atoms with Crippen molar-refractivity contribution in [1.29, 1.82) is 0 Å². The molecule has 2 aromatic heterocycles. The van der Waals surface area contributed by atoms with Crippen LogP contribution in [0.5, 0.6) is 0 Å². The summed E-state index contributed by atoms with van der Waals surface area (Å²) in [6.45, 7) is 2.18. The summed E-state index contributed by atoms with van der Waals surface area (Å²) < 4.78 is 2.98. The van der Waals surface area contributed by atoms with Gasteiger partial charge in [-0.2, -0.15) is 0 Å². The van der Waals surface area contributed by atoms with E-state index in [2.05, 4.69) is 29.1 Å². The standard InChI is InChI=1S/C13H13N3S2/c1-2-8-17-13-15-16-9-11(14-12(16)18-13)10-6-4-3-5-7-10/h3-7,9H,2,8H2,1H3. The van der Waals surface area contributed by atoms with Crippen LogP contribution >= 0.6 is 23.1 Å². The molecule has 0 saturated heterocycles. The molecule has 5 heteroatoms. The highest BCUT2D eigenvalue weighted by Gasteiger charge is 2.09. The fourth-order valence-corrected chi connectivity index (χ4v) is 3.53. The minimum atomic E-state index is 0.965. The Balaban J connectivity index is 1.91. The van der Waals surface area contributed by atoms with Gasteiger partial charge in [-0.05, 0) is 6.42 Å². The van der Waals surface area contributed by atoms with Crippen molar-refractivity contribution in [3.8, 4) is 11.3 Å². The number of imidazole rings is 1. The van der Waals surface area contributed by atoms with E-state index < -0.39 is 0 Å². The Morgan fingerprint density at radius 3 is 2.83 bits per heavy atom. The van der Waals surface area contributed by atoms with E-state index in [4.69, 9.17) is 0 Å². The van der Waals surface area contributed by atoms with Crippen molar-refractivity contribution >= 4 is 28.1 Å². The first-order valence-electron chi connectivity index (χ1n) is 5.91. The molecule has 0 unspecified atom stereocenters. The molecule has 18 heavy (non-hydrogen) atoms. The molecule has 0 aliphatic heterocycles. The highest BCUT2D eigenvalue weighted by atomic mass is 32.2. The van der Waals surface area contributed by atoms with Crippen LogP contribution in [0.2, 0.25) is 0 Å². The first-order valence-corrected chi connectivity index (χ1v) is 7.71. The molecule has 0 aliphatic carbocycles. The van der Waals surface area contributed by atoms with Crippen molar-refractivity contribution < 1.29 is 0 Å². The van der Waals surface area contributed by atoms with E-state index in [0.717, 1.165) is 26.3 Å². The van der Waals surface area contributed by atoms with E-state index in [1.165, 1.54) is 6.42 Å². The lowest BCUT2D eigenvalue weighted by Gasteiger charge is -1.93. The zero-order chi connectivity index (χ0) is 12.4. The SMILES string of the molecule is CCCSc1nn2cc(-c3ccccc3)nc2s1. The number of hydrogen-bond donors (Lipinski definition) is 0. The third-order valence-corrected chi connectivity index (χ3v) is 4.79. The second-order valence-corrected chi connectivity index (χ2v) is 6.23. The summed E-state index contributed by atoms with van der Waals surface area (Å²) in [5.74, 6) is 1.11. The Kier molecular flexibility index (Phi) is 3.34.